The Labute approximate surface area is 73.5 Å². The van der Waals surface area contributed by atoms with Gasteiger partial charge in [0.05, 0.1) is 0 Å². The molecule has 4 heteroatoms. The van der Waals surface area contributed by atoms with E-state index in [2.05, 4.69) is 11.7 Å². The molecule has 0 aromatic carbocycles. The maximum Gasteiger partial charge on any atom is 0.126 e. The third kappa shape index (κ3) is 9.52. The van der Waals surface area contributed by atoms with E-state index in [0.29, 0.717) is 0 Å². The summed E-state index contributed by atoms with van der Waals surface area (Å²) in [4.78, 5) is 5.52. The Morgan fingerprint density at radius 2 is 2.00 bits per heavy atom. The van der Waals surface area contributed by atoms with Gasteiger partial charge in [0.2, 0.25) is 0 Å². The van der Waals surface area contributed by atoms with Crippen LogP contribution < -0.4 is 5.14 Å². The summed E-state index contributed by atoms with van der Waals surface area (Å²) in [5.41, 5.74) is 0. The summed E-state index contributed by atoms with van der Waals surface area (Å²) in [5, 5.41) is 5.94. The second-order valence-corrected chi connectivity index (χ2v) is 2.36. The lowest BCUT2D eigenvalue weighted by Gasteiger charge is -2.04. The Hall–Kier alpha value is -0.480. The van der Waals surface area contributed by atoms with Crippen LogP contribution in [0.15, 0.2) is 16.2 Å². The van der Waals surface area contributed by atoms with Crippen LogP contribution in [-0.4, -0.2) is 25.7 Å². The van der Waals surface area contributed by atoms with Crippen LogP contribution in [0.2, 0.25) is 0 Å². The van der Waals surface area contributed by atoms with E-state index in [4.69, 9.17) is 5.14 Å². The average molecular weight is 175 g/mol. The number of hydrogen-bond donors (Lipinski definition) is 1. The van der Waals surface area contributed by atoms with Crippen LogP contribution in [0.3, 0.4) is 0 Å². The molecule has 0 aromatic rings. The monoisotopic (exact) mass is 175 g/mol. The van der Waals surface area contributed by atoms with Crippen molar-refractivity contribution in [1.29, 1.82) is 0 Å². The van der Waals surface area contributed by atoms with Crippen LogP contribution in [0.4, 0.5) is 0 Å². The second-order valence-electron chi connectivity index (χ2n) is 1.71. The Morgan fingerprint density at radius 3 is 2.09 bits per heavy atom. The molecule has 0 aromatic heterocycles. The molecule has 0 bridgehead atoms. The van der Waals surface area contributed by atoms with E-state index >= 15 is 0 Å². The minimum atomic E-state index is 0.722. The van der Waals surface area contributed by atoms with E-state index in [1.54, 1.807) is 6.20 Å². The van der Waals surface area contributed by atoms with E-state index in [0.717, 1.165) is 17.0 Å². The zero-order valence-electron chi connectivity index (χ0n) is 7.66. The highest BCUT2D eigenvalue weighted by atomic mass is 32.2. The van der Waals surface area contributed by atoms with Crippen LogP contribution in [0.1, 0.15) is 13.8 Å². The summed E-state index contributed by atoms with van der Waals surface area (Å²) in [6.07, 6.45) is 1.80. The number of hydrogen-bond acceptors (Lipinski definition) is 4. The molecule has 11 heavy (non-hydrogen) atoms. The molecule has 0 atom stereocenters. The van der Waals surface area contributed by atoms with Gasteiger partial charge in [0.15, 0.2) is 0 Å². The van der Waals surface area contributed by atoms with E-state index in [1.165, 1.54) is 0 Å². The highest BCUT2D eigenvalue weighted by Gasteiger charge is 1.87. The standard InChI is InChI=1S/C5H11N3S.C2H6/c1-7-5(9-6)4-8(2)3;1-2/h4H,1,6H2,2-3H3;1-2H3/b5-4+;. The van der Waals surface area contributed by atoms with E-state index in [1.807, 2.05) is 32.8 Å². The molecule has 0 heterocycles. The fraction of sp³-hybridized carbons (Fsp3) is 0.571. The molecule has 0 saturated carbocycles. The Bertz CT molecular complexity index is 121. The van der Waals surface area contributed by atoms with Crippen LogP contribution in [-0.2, 0) is 0 Å². The van der Waals surface area contributed by atoms with Gasteiger partial charge in [-0.15, -0.1) is 0 Å². The minimum absolute atomic E-state index is 0.722. The third-order valence-electron chi connectivity index (χ3n) is 0.645. The van der Waals surface area contributed by atoms with Crippen molar-refractivity contribution in [2.24, 2.45) is 10.1 Å². The van der Waals surface area contributed by atoms with Crippen LogP contribution in [0, 0.1) is 0 Å². The molecule has 0 amide bonds. The Kier molecular flexibility index (Phi) is 11.4. The summed E-state index contributed by atoms with van der Waals surface area (Å²) >= 11 is 1.09. The molecule has 66 valence electrons. The largest absolute Gasteiger partial charge is 0.381 e. The summed E-state index contributed by atoms with van der Waals surface area (Å²) in [7, 11) is 3.81. The van der Waals surface area contributed by atoms with Gasteiger partial charge in [-0.2, -0.15) is 0 Å². The summed E-state index contributed by atoms with van der Waals surface area (Å²) in [6.45, 7) is 7.34. The lowest BCUT2D eigenvalue weighted by molar-refractivity contribution is 0.561. The quantitative estimate of drug-likeness (QED) is 0.524. The maximum atomic E-state index is 5.22. The van der Waals surface area contributed by atoms with E-state index < -0.39 is 0 Å². The number of nitrogens with zero attached hydrogens (tertiary/aromatic N) is 2. The van der Waals surface area contributed by atoms with E-state index in [9.17, 15) is 0 Å². The molecule has 0 aliphatic carbocycles. The van der Waals surface area contributed by atoms with Crippen LogP contribution in [0.25, 0.3) is 0 Å². The maximum absolute atomic E-state index is 5.22. The zero-order valence-corrected chi connectivity index (χ0v) is 8.48. The molecule has 0 radical (unpaired) electrons. The van der Waals surface area contributed by atoms with Crippen molar-refractivity contribution in [3.8, 4) is 0 Å². The first-order chi connectivity index (χ1) is 5.20. The second kappa shape index (κ2) is 9.52. The molecular weight excluding hydrogens is 158 g/mol. The molecule has 0 aliphatic heterocycles. The SMILES string of the molecule is C=N/C(=C\N(C)C)SN.CC. The van der Waals surface area contributed by atoms with Crippen molar-refractivity contribution in [3.63, 3.8) is 0 Å². The Morgan fingerprint density at radius 1 is 1.55 bits per heavy atom. The summed E-state index contributed by atoms with van der Waals surface area (Å²) < 4.78 is 0. The number of rotatable bonds is 3. The predicted octanol–water partition coefficient (Wildman–Crippen LogP) is 1.68. The first kappa shape index (κ1) is 13.1. The zero-order chi connectivity index (χ0) is 9.28. The van der Waals surface area contributed by atoms with Gasteiger partial charge in [-0.1, -0.05) is 13.8 Å². The fourth-order valence-electron chi connectivity index (χ4n) is 0.329. The van der Waals surface area contributed by atoms with Crippen molar-refractivity contribution in [3.05, 3.63) is 11.2 Å². The van der Waals surface area contributed by atoms with Crippen LogP contribution >= 0.6 is 11.9 Å². The molecule has 0 rings (SSSR count). The first-order valence-electron chi connectivity index (χ1n) is 3.42. The van der Waals surface area contributed by atoms with Crippen LogP contribution in [0.5, 0.6) is 0 Å². The average Bonchev–Trinajstić information content (AvgIpc) is 2.03. The highest BCUT2D eigenvalue weighted by molar-refractivity contribution is 8.00. The van der Waals surface area contributed by atoms with Gasteiger partial charge in [-0.3, -0.25) is 10.1 Å². The van der Waals surface area contributed by atoms with Gasteiger partial charge in [0, 0.05) is 20.3 Å². The molecule has 2 N–H and O–H groups in total. The lowest BCUT2D eigenvalue weighted by atomic mass is 10.8. The molecule has 0 aliphatic rings. The summed E-state index contributed by atoms with van der Waals surface area (Å²) in [6, 6.07) is 0. The first-order valence-corrected chi connectivity index (χ1v) is 4.30. The number of aliphatic imine (C=N–C) groups is 1. The molecule has 0 unspecified atom stereocenters. The molecular formula is C7H17N3S. The predicted molar refractivity (Wildman–Crippen MR) is 54.4 cm³/mol. The van der Waals surface area contributed by atoms with Gasteiger partial charge >= 0.3 is 0 Å². The smallest absolute Gasteiger partial charge is 0.126 e. The van der Waals surface area contributed by atoms with Gasteiger partial charge in [0.1, 0.15) is 5.03 Å². The number of nitrogens with two attached hydrogens (primary N) is 1. The van der Waals surface area contributed by atoms with Crippen molar-refractivity contribution in [1.82, 2.24) is 4.90 Å². The van der Waals surface area contributed by atoms with Crippen molar-refractivity contribution >= 4 is 18.7 Å². The van der Waals surface area contributed by atoms with Gasteiger partial charge in [0.25, 0.3) is 0 Å². The highest BCUT2D eigenvalue weighted by Crippen LogP contribution is 2.07. The van der Waals surface area contributed by atoms with Crippen molar-refractivity contribution in [2.45, 2.75) is 13.8 Å². The summed E-state index contributed by atoms with van der Waals surface area (Å²) in [5.74, 6) is 0. The lowest BCUT2D eigenvalue weighted by Crippen LogP contribution is -2.01. The van der Waals surface area contributed by atoms with Gasteiger partial charge < -0.3 is 4.90 Å². The molecule has 3 nitrogen and oxygen atoms in total. The topological polar surface area (TPSA) is 41.6 Å². The third-order valence-corrected chi connectivity index (χ3v) is 1.12. The van der Waals surface area contributed by atoms with Crippen molar-refractivity contribution < 1.29 is 0 Å². The molecule has 0 fully saturated rings. The van der Waals surface area contributed by atoms with Crippen molar-refractivity contribution in [2.75, 3.05) is 14.1 Å². The molecule has 0 saturated heterocycles. The Balaban J connectivity index is 0. The van der Waals surface area contributed by atoms with Gasteiger partial charge in [-0.25, -0.2) is 0 Å². The normalized spacial score (nSPS) is 9.73. The van der Waals surface area contributed by atoms with E-state index in [-0.39, 0.29) is 0 Å². The van der Waals surface area contributed by atoms with Gasteiger partial charge in [-0.05, 0) is 18.7 Å². The molecule has 0 spiro atoms. The fourth-order valence-corrected chi connectivity index (χ4v) is 0.676. The minimum Gasteiger partial charge on any atom is -0.381 e.